The summed E-state index contributed by atoms with van der Waals surface area (Å²) in [6.07, 6.45) is -0.576. The van der Waals surface area contributed by atoms with Crippen LogP contribution in [0.1, 0.15) is 46.0 Å². The summed E-state index contributed by atoms with van der Waals surface area (Å²) in [4.78, 5) is 31.3. The number of hydrogen-bond acceptors (Lipinski definition) is 4. The number of urea groups is 1. The quantitative estimate of drug-likeness (QED) is 0.129. The van der Waals surface area contributed by atoms with Crippen molar-refractivity contribution in [1.29, 1.82) is 0 Å². The minimum Gasteiger partial charge on any atom is -0.356 e. The van der Waals surface area contributed by atoms with Crippen molar-refractivity contribution < 1.29 is 22.8 Å². The van der Waals surface area contributed by atoms with Crippen LogP contribution < -0.4 is 16.0 Å². The Morgan fingerprint density at radius 1 is 1.22 bits per heavy atom. The standard InChI is InChI=1S/C20H35F3N6O2.HI/c1-4-19(2)16(30)29(18(31)27-19)11-5-9-25-17(24-3)26-10-6-15-7-12-28(13-8-15)14-20(21,22)23;/h15H,4-14H2,1-3H3,(H,27,31)(H2,24,25,26);1H. The van der Waals surface area contributed by atoms with Gasteiger partial charge in [0.2, 0.25) is 0 Å². The summed E-state index contributed by atoms with van der Waals surface area (Å²) < 4.78 is 37.4. The van der Waals surface area contributed by atoms with Gasteiger partial charge in [0.25, 0.3) is 5.91 Å². The number of imide groups is 1. The maximum atomic E-state index is 12.5. The van der Waals surface area contributed by atoms with Crippen LogP contribution in [0, 0.1) is 5.92 Å². The Labute approximate surface area is 205 Å². The van der Waals surface area contributed by atoms with Crippen molar-refractivity contribution in [1.82, 2.24) is 25.8 Å². The number of amides is 3. The molecule has 3 amide bonds. The number of carbonyl (C=O) groups is 2. The second kappa shape index (κ2) is 12.8. The molecule has 2 rings (SSSR count). The first kappa shape index (κ1) is 28.7. The van der Waals surface area contributed by atoms with Gasteiger partial charge in [-0.05, 0) is 58.0 Å². The molecular formula is C20H36F3IN6O2. The molecule has 2 aliphatic rings. The molecule has 12 heteroatoms. The monoisotopic (exact) mass is 576 g/mol. The molecule has 1 unspecified atom stereocenters. The van der Waals surface area contributed by atoms with Gasteiger partial charge in [0, 0.05) is 26.7 Å². The van der Waals surface area contributed by atoms with Crippen molar-refractivity contribution in [3.8, 4) is 0 Å². The van der Waals surface area contributed by atoms with Crippen molar-refractivity contribution in [3.05, 3.63) is 0 Å². The van der Waals surface area contributed by atoms with Crippen LogP contribution in [0.25, 0.3) is 0 Å². The van der Waals surface area contributed by atoms with Crippen LogP contribution in [-0.4, -0.2) is 85.7 Å². The number of nitrogens with zero attached hydrogens (tertiary/aromatic N) is 3. The molecule has 0 bridgehead atoms. The molecule has 2 aliphatic heterocycles. The van der Waals surface area contributed by atoms with E-state index in [0.29, 0.717) is 57.4 Å². The maximum Gasteiger partial charge on any atom is 0.401 e. The van der Waals surface area contributed by atoms with E-state index in [-0.39, 0.29) is 35.9 Å². The van der Waals surface area contributed by atoms with Gasteiger partial charge in [-0.15, -0.1) is 24.0 Å². The number of aliphatic imine (C=N–C) groups is 1. The summed E-state index contributed by atoms with van der Waals surface area (Å²) in [6, 6.07) is -0.349. The second-order valence-corrected chi connectivity index (χ2v) is 8.48. The molecule has 32 heavy (non-hydrogen) atoms. The third-order valence-corrected chi connectivity index (χ3v) is 6.08. The van der Waals surface area contributed by atoms with Crippen LogP contribution in [0.3, 0.4) is 0 Å². The van der Waals surface area contributed by atoms with Gasteiger partial charge in [0.05, 0.1) is 6.54 Å². The number of hydrogen-bond donors (Lipinski definition) is 3. The summed E-state index contributed by atoms with van der Waals surface area (Å²) in [6.45, 7) is 5.31. The van der Waals surface area contributed by atoms with Gasteiger partial charge in [-0.25, -0.2) is 4.79 Å². The lowest BCUT2D eigenvalue weighted by Gasteiger charge is -2.32. The van der Waals surface area contributed by atoms with Crippen LogP contribution in [0.2, 0.25) is 0 Å². The SMILES string of the molecule is CCC1(C)NC(=O)N(CCCNC(=NC)NCCC2CCN(CC(F)(F)F)CC2)C1=O.I. The van der Waals surface area contributed by atoms with Crippen LogP contribution in [0.15, 0.2) is 4.99 Å². The summed E-state index contributed by atoms with van der Waals surface area (Å²) in [5.41, 5.74) is -0.814. The van der Waals surface area contributed by atoms with Gasteiger partial charge in [0.15, 0.2) is 5.96 Å². The van der Waals surface area contributed by atoms with Crippen molar-refractivity contribution in [2.24, 2.45) is 10.9 Å². The first-order chi connectivity index (χ1) is 14.6. The summed E-state index contributed by atoms with van der Waals surface area (Å²) in [7, 11) is 1.66. The Hall–Kier alpha value is -1.31. The fourth-order valence-corrected chi connectivity index (χ4v) is 3.94. The zero-order valence-corrected chi connectivity index (χ0v) is 21.4. The number of guanidine groups is 1. The predicted molar refractivity (Wildman–Crippen MR) is 128 cm³/mol. The first-order valence-corrected chi connectivity index (χ1v) is 11.0. The molecule has 2 fully saturated rings. The highest BCUT2D eigenvalue weighted by Crippen LogP contribution is 2.24. The van der Waals surface area contributed by atoms with E-state index in [9.17, 15) is 22.8 Å². The molecular weight excluding hydrogens is 540 g/mol. The van der Waals surface area contributed by atoms with Crippen molar-refractivity contribution >= 4 is 41.9 Å². The van der Waals surface area contributed by atoms with Gasteiger partial charge >= 0.3 is 12.2 Å². The Balaban J connectivity index is 0.00000512. The van der Waals surface area contributed by atoms with Crippen molar-refractivity contribution in [2.45, 2.75) is 57.7 Å². The molecule has 0 aromatic rings. The first-order valence-electron chi connectivity index (χ1n) is 11.0. The molecule has 186 valence electrons. The van der Waals surface area contributed by atoms with E-state index < -0.39 is 18.3 Å². The minimum absolute atomic E-state index is 0. The highest BCUT2D eigenvalue weighted by Gasteiger charge is 2.45. The summed E-state index contributed by atoms with van der Waals surface area (Å²) in [5.74, 6) is 0.844. The average molecular weight is 576 g/mol. The number of alkyl halides is 3. The zero-order chi connectivity index (χ0) is 23.1. The van der Waals surface area contributed by atoms with Gasteiger partial charge in [0.1, 0.15) is 5.54 Å². The van der Waals surface area contributed by atoms with E-state index in [0.717, 1.165) is 19.3 Å². The summed E-state index contributed by atoms with van der Waals surface area (Å²) in [5, 5.41) is 9.12. The van der Waals surface area contributed by atoms with Gasteiger partial charge < -0.3 is 16.0 Å². The van der Waals surface area contributed by atoms with E-state index in [1.54, 1.807) is 14.0 Å². The lowest BCUT2D eigenvalue weighted by Crippen LogP contribution is -2.43. The largest absolute Gasteiger partial charge is 0.401 e. The number of piperidine rings is 1. The van der Waals surface area contributed by atoms with Crippen LogP contribution in [0.4, 0.5) is 18.0 Å². The predicted octanol–water partition coefficient (Wildman–Crippen LogP) is 2.54. The molecule has 0 aromatic carbocycles. The van der Waals surface area contributed by atoms with Crippen molar-refractivity contribution in [3.63, 3.8) is 0 Å². The molecule has 3 N–H and O–H groups in total. The van der Waals surface area contributed by atoms with E-state index in [2.05, 4.69) is 20.9 Å². The fourth-order valence-electron chi connectivity index (χ4n) is 3.94. The third kappa shape index (κ3) is 8.56. The number of halogens is 4. The Morgan fingerprint density at radius 3 is 2.38 bits per heavy atom. The molecule has 2 heterocycles. The van der Waals surface area contributed by atoms with Gasteiger partial charge in [-0.3, -0.25) is 19.6 Å². The molecule has 2 saturated heterocycles. The second-order valence-electron chi connectivity index (χ2n) is 8.48. The topological polar surface area (TPSA) is 89.1 Å². The molecule has 1 atom stereocenters. The summed E-state index contributed by atoms with van der Waals surface area (Å²) >= 11 is 0. The molecule has 0 spiro atoms. The van der Waals surface area contributed by atoms with E-state index in [1.807, 2.05) is 6.92 Å². The molecule has 0 saturated carbocycles. The fraction of sp³-hybridized carbons (Fsp3) is 0.850. The average Bonchev–Trinajstić information content (AvgIpc) is 2.93. The third-order valence-electron chi connectivity index (χ3n) is 6.08. The zero-order valence-electron chi connectivity index (χ0n) is 19.1. The van der Waals surface area contributed by atoms with E-state index in [4.69, 9.17) is 0 Å². The Bertz CT molecular complexity index is 656. The van der Waals surface area contributed by atoms with Crippen LogP contribution in [0.5, 0.6) is 0 Å². The molecule has 0 radical (unpaired) electrons. The number of carbonyl (C=O) groups excluding carboxylic acids is 2. The van der Waals surface area contributed by atoms with Crippen LogP contribution in [-0.2, 0) is 4.79 Å². The normalized spacial score (nSPS) is 23.2. The lowest BCUT2D eigenvalue weighted by atomic mass is 9.93. The Kier molecular flexibility index (Phi) is 11.5. The number of likely N-dealkylation sites (tertiary alicyclic amines) is 1. The van der Waals surface area contributed by atoms with Crippen molar-refractivity contribution in [2.75, 3.05) is 46.3 Å². The van der Waals surface area contributed by atoms with Crippen LogP contribution >= 0.6 is 24.0 Å². The highest BCUT2D eigenvalue weighted by molar-refractivity contribution is 14.0. The van der Waals surface area contributed by atoms with Gasteiger partial charge in [-0.2, -0.15) is 13.2 Å². The van der Waals surface area contributed by atoms with Gasteiger partial charge in [-0.1, -0.05) is 6.92 Å². The van der Waals surface area contributed by atoms with E-state index >= 15 is 0 Å². The van der Waals surface area contributed by atoms with E-state index in [1.165, 1.54) is 9.80 Å². The maximum absolute atomic E-state index is 12.5. The highest BCUT2D eigenvalue weighted by atomic mass is 127. The molecule has 8 nitrogen and oxygen atoms in total. The molecule has 0 aromatic heterocycles. The minimum atomic E-state index is -4.13. The Morgan fingerprint density at radius 2 is 1.84 bits per heavy atom. The lowest BCUT2D eigenvalue weighted by molar-refractivity contribution is -0.148. The number of rotatable bonds is 9. The number of nitrogens with one attached hydrogen (secondary N) is 3. The molecule has 0 aliphatic carbocycles. The smallest absolute Gasteiger partial charge is 0.356 e.